The minimum absolute atomic E-state index is 0.374. The van der Waals surface area contributed by atoms with Gasteiger partial charge in [0.25, 0.3) is 0 Å². The summed E-state index contributed by atoms with van der Waals surface area (Å²) in [7, 11) is 1.36. The van der Waals surface area contributed by atoms with Gasteiger partial charge in [-0.15, -0.1) is 0 Å². The summed E-state index contributed by atoms with van der Waals surface area (Å²) in [6.07, 6.45) is 0. The molecule has 0 radical (unpaired) electrons. The minimum Gasteiger partial charge on any atom is -0.465 e. The van der Waals surface area contributed by atoms with Crippen LogP contribution in [0.25, 0.3) is 5.57 Å². The number of ether oxygens (including phenoxy) is 1. The van der Waals surface area contributed by atoms with Crippen molar-refractivity contribution in [3.63, 3.8) is 0 Å². The Labute approximate surface area is 90.6 Å². The molecule has 0 saturated heterocycles. The van der Waals surface area contributed by atoms with Crippen LogP contribution in [-0.2, 0) is 9.53 Å². The monoisotopic (exact) mass is 204 g/mol. The second kappa shape index (κ2) is 4.30. The lowest BCUT2D eigenvalue weighted by molar-refractivity contribution is -0.133. The van der Waals surface area contributed by atoms with E-state index in [-0.39, 0.29) is 5.97 Å². The first-order chi connectivity index (χ1) is 6.97. The first-order valence-corrected chi connectivity index (χ1v) is 4.82. The van der Waals surface area contributed by atoms with Crippen LogP contribution in [0.5, 0.6) is 0 Å². The SMILES string of the molecule is C=C(C(=O)OC)c1cc(C)c(C)cc1C. The van der Waals surface area contributed by atoms with E-state index >= 15 is 0 Å². The van der Waals surface area contributed by atoms with E-state index in [1.54, 1.807) is 0 Å². The van der Waals surface area contributed by atoms with E-state index in [1.807, 2.05) is 26.8 Å². The second-order valence-electron chi connectivity index (χ2n) is 3.72. The highest BCUT2D eigenvalue weighted by Crippen LogP contribution is 2.22. The molecule has 1 aromatic carbocycles. The summed E-state index contributed by atoms with van der Waals surface area (Å²) in [5.74, 6) is -0.374. The Bertz CT molecular complexity index is 417. The number of hydrogen-bond donors (Lipinski definition) is 0. The molecule has 2 heteroatoms. The van der Waals surface area contributed by atoms with Crippen molar-refractivity contribution in [2.75, 3.05) is 7.11 Å². The molecule has 1 aromatic rings. The van der Waals surface area contributed by atoms with Crippen LogP contribution in [0.2, 0.25) is 0 Å². The molecular weight excluding hydrogens is 188 g/mol. The molecule has 80 valence electrons. The fourth-order valence-corrected chi connectivity index (χ4v) is 1.52. The van der Waals surface area contributed by atoms with Crippen LogP contribution < -0.4 is 0 Å². The lowest BCUT2D eigenvalue weighted by atomic mass is 9.96. The van der Waals surface area contributed by atoms with Crippen LogP contribution in [0, 0.1) is 20.8 Å². The van der Waals surface area contributed by atoms with Crippen LogP contribution >= 0.6 is 0 Å². The van der Waals surface area contributed by atoms with Crippen LogP contribution in [0.1, 0.15) is 22.3 Å². The Balaban J connectivity index is 3.21. The van der Waals surface area contributed by atoms with Gasteiger partial charge in [-0.1, -0.05) is 18.7 Å². The topological polar surface area (TPSA) is 26.3 Å². The number of benzene rings is 1. The Morgan fingerprint density at radius 3 is 2.20 bits per heavy atom. The largest absolute Gasteiger partial charge is 0.465 e. The molecule has 0 aromatic heterocycles. The summed E-state index contributed by atoms with van der Waals surface area (Å²) in [5, 5.41) is 0. The van der Waals surface area contributed by atoms with Gasteiger partial charge in [0, 0.05) is 0 Å². The zero-order valence-corrected chi connectivity index (χ0v) is 9.68. The zero-order chi connectivity index (χ0) is 11.6. The fraction of sp³-hybridized carbons (Fsp3) is 0.308. The van der Waals surface area contributed by atoms with E-state index < -0.39 is 0 Å². The number of rotatable bonds is 2. The van der Waals surface area contributed by atoms with Gasteiger partial charge < -0.3 is 4.74 Å². The number of esters is 1. The van der Waals surface area contributed by atoms with E-state index in [1.165, 1.54) is 12.7 Å². The molecular formula is C13H16O2. The molecule has 0 bridgehead atoms. The minimum atomic E-state index is -0.374. The Hall–Kier alpha value is -1.57. The van der Waals surface area contributed by atoms with Crippen molar-refractivity contribution >= 4 is 11.5 Å². The average molecular weight is 204 g/mol. The van der Waals surface area contributed by atoms with Gasteiger partial charge in [-0.05, 0) is 43.0 Å². The summed E-state index contributed by atoms with van der Waals surface area (Å²) in [5.41, 5.74) is 4.70. The summed E-state index contributed by atoms with van der Waals surface area (Å²) >= 11 is 0. The maximum atomic E-state index is 11.3. The van der Waals surface area contributed by atoms with E-state index in [4.69, 9.17) is 0 Å². The molecule has 0 atom stereocenters. The van der Waals surface area contributed by atoms with E-state index in [9.17, 15) is 4.79 Å². The molecule has 0 aliphatic carbocycles. The van der Waals surface area contributed by atoms with Gasteiger partial charge in [-0.2, -0.15) is 0 Å². The van der Waals surface area contributed by atoms with Gasteiger partial charge in [0.15, 0.2) is 0 Å². The summed E-state index contributed by atoms with van der Waals surface area (Å²) < 4.78 is 4.65. The van der Waals surface area contributed by atoms with Crippen molar-refractivity contribution in [2.45, 2.75) is 20.8 Å². The van der Waals surface area contributed by atoms with Gasteiger partial charge in [-0.25, -0.2) is 4.79 Å². The highest BCUT2D eigenvalue weighted by molar-refractivity contribution is 6.16. The molecule has 0 fully saturated rings. The normalized spacial score (nSPS) is 9.87. The Morgan fingerprint density at radius 2 is 1.67 bits per heavy atom. The summed E-state index contributed by atoms with van der Waals surface area (Å²) in [6, 6.07) is 4.03. The number of carbonyl (C=O) groups is 1. The van der Waals surface area contributed by atoms with Crippen molar-refractivity contribution < 1.29 is 9.53 Å². The molecule has 1 rings (SSSR count). The zero-order valence-electron chi connectivity index (χ0n) is 9.68. The van der Waals surface area contributed by atoms with Crippen molar-refractivity contribution in [3.05, 3.63) is 41.0 Å². The predicted molar refractivity (Wildman–Crippen MR) is 61.7 cm³/mol. The molecule has 0 amide bonds. The van der Waals surface area contributed by atoms with Crippen molar-refractivity contribution in [3.8, 4) is 0 Å². The molecule has 0 heterocycles. The van der Waals surface area contributed by atoms with Gasteiger partial charge in [0.2, 0.25) is 0 Å². The quantitative estimate of drug-likeness (QED) is 0.547. The van der Waals surface area contributed by atoms with Crippen LogP contribution in [0.4, 0.5) is 0 Å². The smallest absolute Gasteiger partial charge is 0.337 e. The Morgan fingerprint density at radius 1 is 1.13 bits per heavy atom. The number of methoxy groups -OCH3 is 1. The third-order valence-corrected chi connectivity index (χ3v) is 2.60. The van der Waals surface area contributed by atoms with Crippen molar-refractivity contribution in [1.82, 2.24) is 0 Å². The molecule has 0 spiro atoms. The van der Waals surface area contributed by atoms with Crippen molar-refractivity contribution in [2.24, 2.45) is 0 Å². The number of hydrogen-bond acceptors (Lipinski definition) is 2. The Kier molecular flexibility index (Phi) is 3.30. The first kappa shape index (κ1) is 11.5. The van der Waals surface area contributed by atoms with Gasteiger partial charge in [0.1, 0.15) is 0 Å². The first-order valence-electron chi connectivity index (χ1n) is 4.82. The number of aryl methyl sites for hydroxylation is 3. The second-order valence-corrected chi connectivity index (χ2v) is 3.72. The maximum Gasteiger partial charge on any atom is 0.337 e. The third kappa shape index (κ3) is 2.27. The summed E-state index contributed by atoms with van der Waals surface area (Å²) in [6.45, 7) is 9.79. The lowest BCUT2D eigenvalue weighted by Crippen LogP contribution is -2.04. The van der Waals surface area contributed by atoms with E-state index in [0.717, 1.165) is 16.7 Å². The highest BCUT2D eigenvalue weighted by Gasteiger charge is 2.12. The fourth-order valence-electron chi connectivity index (χ4n) is 1.52. The predicted octanol–water partition coefficient (Wildman–Crippen LogP) is 2.80. The van der Waals surface area contributed by atoms with Gasteiger partial charge in [-0.3, -0.25) is 0 Å². The van der Waals surface area contributed by atoms with Crippen LogP contribution in [-0.4, -0.2) is 13.1 Å². The number of carbonyl (C=O) groups excluding carboxylic acids is 1. The van der Waals surface area contributed by atoms with Crippen molar-refractivity contribution in [1.29, 1.82) is 0 Å². The van der Waals surface area contributed by atoms with Gasteiger partial charge >= 0.3 is 5.97 Å². The van der Waals surface area contributed by atoms with Crippen LogP contribution in [0.15, 0.2) is 18.7 Å². The third-order valence-electron chi connectivity index (χ3n) is 2.60. The lowest BCUT2D eigenvalue weighted by Gasteiger charge is -2.10. The maximum absolute atomic E-state index is 11.3. The van der Waals surface area contributed by atoms with E-state index in [0.29, 0.717) is 5.57 Å². The summed E-state index contributed by atoms with van der Waals surface area (Å²) in [4.78, 5) is 11.3. The molecule has 0 aliphatic rings. The average Bonchev–Trinajstić information content (AvgIpc) is 2.21. The molecule has 0 saturated carbocycles. The molecule has 0 aliphatic heterocycles. The molecule has 2 nitrogen and oxygen atoms in total. The molecule has 15 heavy (non-hydrogen) atoms. The highest BCUT2D eigenvalue weighted by atomic mass is 16.5. The van der Waals surface area contributed by atoms with Crippen LogP contribution in [0.3, 0.4) is 0 Å². The standard InChI is InChI=1S/C13H16O2/c1-8-6-10(3)12(7-9(8)2)11(4)13(14)15-5/h6-7H,4H2,1-3,5H3. The van der Waals surface area contributed by atoms with E-state index in [2.05, 4.69) is 17.4 Å². The molecule has 0 N–H and O–H groups in total. The van der Waals surface area contributed by atoms with Gasteiger partial charge in [0.05, 0.1) is 12.7 Å². The molecule has 0 unspecified atom stereocenters.